The van der Waals surface area contributed by atoms with Gasteiger partial charge in [0.2, 0.25) is 0 Å². The molecule has 2 rings (SSSR count). The largest absolute Gasteiger partial charge is 0.371 e. The summed E-state index contributed by atoms with van der Waals surface area (Å²) >= 11 is 0. The lowest BCUT2D eigenvalue weighted by atomic mass is 9.86. The van der Waals surface area contributed by atoms with Crippen molar-refractivity contribution in [1.29, 1.82) is 0 Å². The van der Waals surface area contributed by atoms with Gasteiger partial charge in [-0.3, -0.25) is 0 Å². The van der Waals surface area contributed by atoms with Crippen molar-refractivity contribution in [1.82, 2.24) is 0 Å². The molecule has 1 aromatic carbocycles. The molecule has 0 aliphatic carbocycles. The number of halogens is 1. The summed E-state index contributed by atoms with van der Waals surface area (Å²) in [5.74, 6) is 1.41. The summed E-state index contributed by atoms with van der Waals surface area (Å²) in [5, 5.41) is 0. The topological polar surface area (TPSA) is 29.3 Å². The molecule has 1 saturated heterocycles. The summed E-state index contributed by atoms with van der Waals surface area (Å²) in [6, 6.07) is 3.44. The first-order valence-corrected chi connectivity index (χ1v) is 7.70. The minimum Gasteiger partial charge on any atom is -0.371 e. The zero-order valence-corrected chi connectivity index (χ0v) is 13.1. The van der Waals surface area contributed by atoms with E-state index >= 15 is 0 Å². The van der Waals surface area contributed by atoms with Crippen LogP contribution in [0.3, 0.4) is 0 Å². The highest BCUT2D eigenvalue weighted by molar-refractivity contribution is 5.57. The molecule has 20 heavy (non-hydrogen) atoms. The van der Waals surface area contributed by atoms with E-state index in [1.54, 1.807) is 6.07 Å². The van der Waals surface area contributed by atoms with E-state index < -0.39 is 0 Å². The summed E-state index contributed by atoms with van der Waals surface area (Å²) in [4.78, 5) is 2.38. The molecule has 112 valence electrons. The first-order valence-electron chi connectivity index (χ1n) is 7.70. The number of nitrogens with two attached hydrogens (primary N) is 1. The molecule has 1 heterocycles. The number of benzene rings is 1. The van der Waals surface area contributed by atoms with Gasteiger partial charge in [-0.1, -0.05) is 13.8 Å². The third kappa shape index (κ3) is 3.14. The number of anilines is 1. The second kappa shape index (κ2) is 6.13. The van der Waals surface area contributed by atoms with Gasteiger partial charge in [0.1, 0.15) is 5.82 Å². The van der Waals surface area contributed by atoms with E-state index in [0.29, 0.717) is 5.56 Å². The Morgan fingerprint density at radius 3 is 2.30 bits per heavy atom. The Morgan fingerprint density at radius 2 is 1.80 bits per heavy atom. The number of hydrogen-bond donors (Lipinski definition) is 1. The quantitative estimate of drug-likeness (QED) is 0.904. The van der Waals surface area contributed by atoms with E-state index in [1.165, 1.54) is 12.8 Å². The highest BCUT2D eigenvalue weighted by atomic mass is 19.1. The van der Waals surface area contributed by atoms with Gasteiger partial charge in [-0.25, -0.2) is 4.39 Å². The Balaban J connectivity index is 2.23. The second-order valence-corrected chi connectivity index (χ2v) is 6.52. The van der Waals surface area contributed by atoms with Crippen LogP contribution in [-0.2, 0) is 0 Å². The minimum atomic E-state index is -0.155. The summed E-state index contributed by atoms with van der Waals surface area (Å²) in [6.45, 7) is 10.5. The Morgan fingerprint density at radius 1 is 1.20 bits per heavy atom. The molecule has 0 amide bonds. The Labute approximate surface area is 122 Å². The molecule has 3 heteroatoms. The van der Waals surface area contributed by atoms with Crippen LogP contribution in [0.5, 0.6) is 0 Å². The van der Waals surface area contributed by atoms with Crippen molar-refractivity contribution in [2.45, 2.75) is 46.6 Å². The van der Waals surface area contributed by atoms with E-state index in [-0.39, 0.29) is 11.9 Å². The monoisotopic (exact) mass is 278 g/mol. The average molecular weight is 278 g/mol. The highest BCUT2D eigenvalue weighted by Gasteiger charge is 2.24. The standard InChI is InChI=1S/C17H27FN2/c1-11(2)14-5-7-20(8-6-14)17-9-12(3)16(18)10-15(17)13(4)19/h9-11,13-14H,5-8,19H2,1-4H3/t13-/m0/s1. The van der Waals surface area contributed by atoms with Crippen LogP contribution in [0, 0.1) is 24.6 Å². The number of rotatable bonds is 3. The zero-order chi connectivity index (χ0) is 14.9. The maximum absolute atomic E-state index is 13.8. The molecule has 0 radical (unpaired) electrons. The fourth-order valence-electron chi connectivity index (χ4n) is 3.13. The predicted molar refractivity (Wildman–Crippen MR) is 83.5 cm³/mol. The molecule has 1 aliphatic rings. The van der Waals surface area contributed by atoms with Gasteiger partial charge in [0.25, 0.3) is 0 Å². The first-order chi connectivity index (χ1) is 9.40. The van der Waals surface area contributed by atoms with Crippen LogP contribution in [0.25, 0.3) is 0 Å². The van der Waals surface area contributed by atoms with Crippen LogP contribution in [0.4, 0.5) is 10.1 Å². The van der Waals surface area contributed by atoms with Gasteiger partial charge in [-0.15, -0.1) is 0 Å². The molecule has 0 spiro atoms. The van der Waals surface area contributed by atoms with Crippen LogP contribution >= 0.6 is 0 Å². The van der Waals surface area contributed by atoms with E-state index in [1.807, 2.05) is 19.9 Å². The summed E-state index contributed by atoms with van der Waals surface area (Å²) in [6.07, 6.45) is 2.43. The summed E-state index contributed by atoms with van der Waals surface area (Å²) in [5.41, 5.74) is 8.78. The number of aryl methyl sites for hydroxylation is 1. The Hall–Kier alpha value is -1.09. The van der Waals surface area contributed by atoms with Crippen molar-refractivity contribution in [2.24, 2.45) is 17.6 Å². The van der Waals surface area contributed by atoms with Crippen LogP contribution in [-0.4, -0.2) is 13.1 Å². The second-order valence-electron chi connectivity index (χ2n) is 6.52. The normalized spacial score (nSPS) is 18.6. The van der Waals surface area contributed by atoms with Gasteiger partial charge >= 0.3 is 0 Å². The van der Waals surface area contributed by atoms with Gasteiger partial charge in [-0.05, 0) is 61.8 Å². The average Bonchev–Trinajstić information content (AvgIpc) is 2.41. The van der Waals surface area contributed by atoms with Gasteiger partial charge in [0.15, 0.2) is 0 Å². The van der Waals surface area contributed by atoms with Gasteiger partial charge < -0.3 is 10.6 Å². The molecule has 1 fully saturated rings. The lowest BCUT2D eigenvalue weighted by Crippen LogP contribution is -2.36. The smallest absolute Gasteiger partial charge is 0.126 e. The van der Waals surface area contributed by atoms with Crippen molar-refractivity contribution in [3.63, 3.8) is 0 Å². The molecule has 2 N–H and O–H groups in total. The third-order valence-electron chi connectivity index (χ3n) is 4.62. The van der Waals surface area contributed by atoms with Gasteiger partial charge in [0.05, 0.1) is 0 Å². The van der Waals surface area contributed by atoms with Gasteiger partial charge in [-0.2, -0.15) is 0 Å². The van der Waals surface area contributed by atoms with E-state index in [9.17, 15) is 4.39 Å². The zero-order valence-electron chi connectivity index (χ0n) is 13.1. The van der Waals surface area contributed by atoms with E-state index in [2.05, 4.69) is 18.7 Å². The number of hydrogen-bond acceptors (Lipinski definition) is 2. The van der Waals surface area contributed by atoms with Crippen molar-refractivity contribution < 1.29 is 4.39 Å². The van der Waals surface area contributed by atoms with Crippen molar-refractivity contribution in [3.8, 4) is 0 Å². The fourth-order valence-corrected chi connectivity index (χ4v) is 3.13. The molecule has 0 unspecified atom stereocenters. The van der Waals surface area contributed by atoms with Gasteiger partial charge in [0, 0.05) is 24.8 Å². The Bertz CT molecular complexity index is 460. The van der Waals surface area contributed by atoms with Crippen molar-refractivity contribution in [3.05, 3.63) is 29.1 Å². The van der Waals surface area contributed by atoms with Crippen molar-refractivity contribution in [2.75, 3.05) is 18.0 Å². The SMILES string of the molecule is Cc1cc(N2CCC(C(C)C)CC2)c([C@H](C)N)cc1F. The molecule has 0 saturated carbocycles. The number of piperidine rings is 1. The lowest BCUT2D eigenvalue weighted by Gasteiger charge is -2.37. The van der Waals surface area contributed by atoms with Crippen LogP contribution in [0.1, 0.15) is 50.8 Å². The van der Waals surface area contributed by atoms with Crippen LogP contribution in [0.15, 0.2) is 12.1 Å². The summed E-state index contributed by atoms with van der Waals surface area (Å²) < 4.78 is 13.8. The molecule has 1 aliphatic heterocycles. The first kappa shape index (κ1) is 15.3. The minimum absolute atomic E-state index is 0.136. The van der Waals surface area contributed by atoms with Crippen molar-refractivity contribution >= 4 is 5.69 Å². The van der Waals surface area contributed by atoms with Crippen LogP contribution < -0.4 is 10.6 Å². The molecule has 1 atom stereocenters. The molecular weight excluding hydrogens is 251 g/mol. The molecule has 0 bridgehead atoms. The van der Waals surface area contributed by atoms with Crippen LogP contribution in [0.2, 0.25) is 0 Å². The summed E-state index contributed by atoms with van der Waals surface area (Å²) in [7, 11) is 0. The fraction of sp³-hybridized carbons (Fsp3) is 0.647. The van der Waals surface area contributed by atoms with E-state index in [4.69, 9.17) is 5.73 Å². The molecule has 1 aromatic rings. The maximum atomic E-state index is 13.8. The predicted octanol–water partition coefficient (Wildman–Crippen LogP) is 4.03. The Kier molecular flexibility index (Phi) is 4.69. The maximum Gasteiger partial charge on any atom is 0.126 e. The molecule has 2 nitrogen and oxygen atoms in total. The third-order valence-corrected chi connectivity index (χ3v) is 4.62. The van der Waals surface area contributed by atoms with E-state index in [0.717, 1.165) is 36.2 Å². The number of nitrogens with zero attached hydrogens (tertiary/aromatic N) is 1. The molecule has 0 aromatic heterocycles. The highest BCUT2D eigenvalue weighted by Crippen LogP contribution is 2.33. The molecular formula is C17H27FN2. The lowest BCUT2D eigenvalue weighted by molar-refractivity contribution is 0.311.